The Labute approximate surface area is 128 Å². The second kappa shape index (κ2) is 14.8. The van der Waals surface area contributed by atoms with Gasteiger partial charge in [-0.2, -0.15) is 0 Å². The summed E-state index contributed by atoms with van der Waals surface area (Å²) in [6, 6.07) is 0. The lowest BCUT2D eigenvalue weighted by Gasteiger charge is -2.05. The molecule has 0 aromatic rings. The van der Waals surface area contributed by atoms with Gasteiger partial charge in [0.25, 0.3) is 0 Å². The van der Waals surface area contributed by atoms with Crippen LogP contribution < -0.4 is 0 Å². The Hall–Kier alpha value is -1.62. The molecule has 0 aliphatic heterocycles. The van der Waals surface area contributed by atoms with Gasteiger partial charge in [-0.3, -0.25) is 0 Å². The second-order valence-corrected chi connectivity index (χ2v) is 4.29. The van der Waals surface area contributed by atoms with Gasteiger partial charge in [0.2, 0.25) is 0 Å². The quantitative estimate of drug-likeness (QED) is 0.484. The van der Waals surface area contributed by atoms with E-state index in [1.807, 2.05) is 20.8 Å². The monoisotopic (exact) mass is 300 g/mol. The predicted octanol–water partition coefficient (Wildman–Crippen LogP) is 3.05. The molecule has 0 aromatic heterocycles. The molecule has 0 aromatic carbocycles. The number of esters is 2. The smallest absolute Gasteiger partial charge is 0.335 e. The summed E-state index contributed by atoms with van der Waals surface area (Å²) in [6.45, 7) is 16.2. The van der Waals surface area contributed by atoms with E-state index in [4.69, 9.17) is 14.2 Å². The van der Waals surface area contributed by atoms with Gasteiger partial charge in [-0.1, -0.05) is 27.0 Å². The first-order chi connectivity index (χ1) is 9.90. The van der Waals surface area contributed by atoms with Gasteiger partial charge in [0.1, 0.15) is 0 Å². The predicted molar refractivity (Wildman–Crippen MR) is 82.9 cm³/mol. The van der Waals surface area contributed by atoms with Crippen LogP contribution >= 0.6 is 0 Å². The molecule has 5 heteroatoms. The molecular weight excluding hydrogens is 272 g/mol. The van der Waals surface area contributed by atoms with Gasteiger partial charge < -0.3 is 14.2 Å². The fourth-order valence-corrected chi connectivity index (χ4v) is 0.899. The zero-order chi connectivity index (χ0) is 16.7. The third kappa shape index (κ3) is 14.6. The SMILES string of the molecule is C=C(C)C(=O)OCCC.C=C(COCC)C(=O)OCCC. The molecule has 0 N–H and O–H groups in total. The Morgan fingerprint density at radius 1 is 0.905 bits per heavy atom. The summed E-state index contributed by atoms with van der Waals surface area (Å²) in [4.78, 5) is 21.6. The minimum absolute atomic E-state index is 0.263. The molecule has 0 unspecified atom stereocenters. The Morgan fingerprint density at radius 2 is 1.38 bits per heavy atom. The number of carbonyl (C=O) groups excluding carboxylic acids is 2. The molecule has 0 aliphatic carbocycles. The van der Waals surface area contributed by atoms with Crippen LogP contribution in [0.1, 0.15) is 40.5 Å². The van der Waals surface area contributed by atoms with Crippen LogP contribution in [0, 0.1) is 0 Å². The molecule has 0 saturated heterocycles. The van der Waals surface area contributed by atoms with Crippen LogP contribution in [0.2, 0.25) is 0 Å². The van der Waals surface area contributed by atoms with Crippen molar-refractivity contribution >= 4 is 11.9 Å². The third-order valence-corrected chi connectivity index (χ3v) is 1.99. The molecule has 0 bridgehead atoms. The van der Waals surface area contributed by atoms with Crippen molar-refractivity contribution in [1.82, 2.24) is 0 Å². The first kappa shape index (κ1) is 21.7. The van der Waals surface area contributed by atoms with Crippen LogP contribution in [0.15, 0.2) is 24.3 Å². The van der Waals surface area contributed by atoms with Crippen molar-refractivity contribution in [3.05, 3.63) is 24.3 Å². The average Bonchev–Trinajstić information content (AvgIpc) is 2.48. The molecule has 0 aliphatic rings. The van der Waals surface area contributed by atoms with Crippen molar-refractivity contribution in [2.45, 2.75) is 40.5 Å². The van der Waals surface area contributed by atoms with E-state index in [0.717, 1.165) is 12.8 Å². The molecule has 21 heavy (non-hydrogen) atoms. The van der Waals surface area contributed by atoms with Gasteiger partial charge in [-0.25, -0.2) is 9.59 Å². The average molecular weight is 300 g/mol. The highest BCUT2D eigenvalue weighted by Gasteiger charge is 2.06. The Bertz CT molecular complexity index is 316. The summed E-state index contributed by atoms with van der Waals surface area (Å²) in [5.41, 5.74) is 0.841. The van der Waals surface area contributed by atoms with E-state index in [2.05, 4.69) is 13.2 Å². The minimum atomic E-state index is -0.356. The summed E-state index contributed by atoms with van der Waals surface area (Å²) >= 11 is 0. The molecular formula is C16H28O5. The summed E-state index contributed by atoms with van der Waals surface area (Å²) in [5.74, 6) is -0.651. The Kier molecular flexibility index (Phi) is 15.3. The fourth-order valence-electron chi connectivity index (χ4n) is 0.899. The lowest BCUT2D eigenvalue weighted by Crippen LogP contribution is -2.12. The van der Waals surface area contributed by atoms with E-state index in [-0.39, 0.29) is 18.5 Å². The van der Waals surface area contributed by atoms with E-state index < -0.39 is 0 Å². The number of ether oxygens (including phenoxy) is 3. The van der Waals surface area contributed by atoms with Crippen molar-refractivity contribution in [2.75, 3.05) is 26.4 Å². The van der Waals surface area contributed by atoms with Crippen molar-refractivity contribution in [1.29, 1.82) is 0 Å². The maximum absolute atomic E-state index is 11.0. The van der Waals surface area contributed by atoms with Crippen molar-refractivity contribution in [3.8, 4) is 0 Å². The summed E-state index contributed by atoms with van der Waals surface area (Å²) in [5, 5.41) is 0. The molecule has 0 rings (SSSR count). The van der Waals surface area contributed by atoms with Crippen molar-refractivity contribution in [2.24, 2.45) is 0 Å². The highest BCUT2D eigenvalue weighted by molar-refractivity contribution is 5.88. The molecule has 0 radical (unpaired) electrons. The highest BCUT2D eigenvalue weighted by atomic mass is 16.5. The largest absolute Gasteiger partial charge is 0.462 e. The lowest BCUT2D eigenvalue weighted by molar-refractivity contribution is -0.140. The molecule has 0 amide bonds. The van der Waals surface area contributed by atoms with Gasteiger partial charge in [0, 0.05) is 12.2 Å². The Balaban J connectivity index is 0. The molecule has 0 saturated carbocycles. The number of rotatable bonds is 9. The van der Waals surface area contributed by atoms with Gasteiger partial charge in [0.05, 0.1) is 25.4 Å². The van der Waals surface area contributed by atoms with E-state index in [1.165, 1.54) is 0 Å². The highest BCUT2D eigenvalue weighted by Crippen LogP contribution is 1.96. The zero-order valence-electron chi connectivity index (χ0n) is 13.7. The first-order valence-corrected chi connectivity index (χ1v) is 7.15. The summed E-state index contributed by atoms with van der Waals surface area (Å²) in [6.07, 6.45) is 1.69. The van der Waals surface area contributed by atoms with Crippen LogP contribution in [0.4, 0.5) is 0 Å². The lowest BCUT2D eigenvalue weighted by atomic mass is 10.3. The number of hydrogen-bond acceptors (Lipinski definition) is 5. The molecule has 0 spiro atoms. The van der Waals surface area contributed by atoms with Crippen LogP contribution in [0.5, 0.6) is 0 Å². The van der Waals surface area contributed by atoms with Crippen molar-refractivity contribution in [3.63, 3.8) is 0 Å². The number of carbonyl (C=O) groups is 2. The fraction of sp³-hybridized carbons (Fsp3) is 0.625. The Morgan fingerprint density at radius 3 is 1.76 bits per heavy atom. The van der Waals surface area contributed by atoms with Gasteiger partial charge >= 0.3 is 11.9 Å². The van der Waals surface area contributed by atoms with Gasteiger partial charge in [0.15, 0.2) is 0 Å². The molecule has 0 atom stereocenters. The van der Waals surface area contributed by atoms with Crippen LogP contribution in [-0.2, 0) is 23.8 Å². The van der Waals surface area contributed by atoms with E-state index in [1.54, 1.807) is 6.92 Å². The minimum Gasteiger partial charge on any atom is -0.462 e. The molecule has 0 fully saturated rings. The third-order valence-electron chi connectivity index (χ3n) is 1.99. The van der Waals surface area contributed by atoms with Crippen LogP contribution in [-0.4, -0.2) is 38.4 Å². The normalized spacial score (nSPS) is 9.14. The van der Waals surface area contributed by atoms with Crippen molar-refractivity contribution < 1.29 is 23.8 Å². The standard InChI is InChI=1S/C9H16O3.C7H12O2/c1-4-6-12-9(10)8(3)7-11-5-2;1-4-5-9-7(8)6(2)3/h3-7H2,1-2H3;2,4-5H2,1,3H3. The van der Waals surface area contributed by atoms with E-state index >= 15 is 0 Å². The second-order valence-electron chi connectivity index (χ2n) is 4.29. The maximum atomic E-state index is 11.0. The van der Waals surface area contributed by atoms with Gasteiger partial charge in [-0.15, -0.1) is 0 Å². The molecule has 5 nitrogen and oxygen atoms in total. The zero-order valence-corrected chi connectivity index (χ0v) is 13.7. The van der Waals surface area contributed by atoms with E-state index in [9.17, 15) is 9.59 Å². The topological polar surface area (TPSA) is 61.8 Å². The first-order valence-electron chi connectivity index (χ1n) is 7.15. The maximum Gasteiger partial charge on any atom is 0.335 e. The van der Waals surface area contributed by atoms with Gasteiger partial charge in [-0.05, 0) is 26.7 Å². The number of hydrogen-bond donors (Lipinski definition) is 0. The van der Waals surface area contributed by atoms with E-state index in [0.29, 0.717) is 31.0 Å². The molecule has 122 valence electrons. The molecule has 0 heterocycles. The summed E-state index contributed by atoms with van der Waals surface area (Å²) < 4.78 is 14.5. The van der Waals surface area contributed by atoms with Crippen LogP contribution in [0.25, 0.3) is 0 Å². The summed E-state index contributed by atoms with van der Waals surface area (Å²) in [7, 11) is 0. The van der Waals surface area contributed by atoms with Crippen LogP contribution in [0.3, 0.4) is 0 Å².